The molecule has 4 aliphatic rings. The highest BCUT2D eigenvalue weighted by Crippen LogP contribution is 2.38. The minimum absolute atomic E-state index is 0.115. The fourth-order valence-corrected chi connectivity index (χ4v) is 5.46. The molecule has 146 valence electrons. The maximum Gasteiger partial charge on any atom is 0.223 e. The van der Waals surface area contributed by atoms with E-state index in [1.54, 1.807) is 0 Å². The number of amides is 1. The van der Waals surface area contributed by atoms with Crippen LogP contribution in [0.2, 0.25) is 5.02 Å². The molecule has 5 heterocycles. The van der Waals surface area contributed by atoms with E-state index in [1.165, 1.54) is 31.5 Å². The van der Waals surface area contributed by atoms with Gasteiger partial charge < -0.3 is 9.80 Å². The second-order valence-corrected chi connectivity index (χ2v) is 8.88. The van der Waals surface area contributed by atoms with Crippen molar-refractivity contribution in [3.8, 4) is 0 Å². The number of rotatable bonds is 3. The number of hydrogen-bond acceptors (Lipinski definition) is 3. The van der Waals surface area contributed by atoms with Crippen molar-refractivity contribution in [3.05, 3.63) is 64.4 Å². The molecule has 1 aromatic carbocycles. The summed E-state index contributed by atoms with van der Waals surface area (Å²) in [5, 5.41) is 0.714. The van der Waals surface area contributed by atoms with Crippen molar-refractivity contribution in [3.63, 3.8) is 0 Å². The van der Waals surface area contributed by atoms with Crippen LogP contribution in [0.3, 0.4) is 0 Å². The molecule has 28 heavy (non-hydrogen) atoms. The van der Waals surface area contributed by atoms with Crippen LogP contribution >= 0.6 is 11.6 Å². The van der Waals surface area contributed by atoms with Gasteiger partial charge >= 0.3 is 0 Å². The number of halogens is 1. The average molecular weight is 396 g/mol. The Hall–Kier alpha value is -1.91. The lowest BCUT2D eigenvalue weighted by Gasteiger charge is -2.45. The summed E-state index contributed by atoms with van der Waals surface area (Å²) in [4.78, 5) is 22.7. The summed E-state index contributed by atoms with van der Waals surface area (Å²) in [6.45, 7) is 4.27. The van der Waals surface area contributed by atoms with Gasteiger partial charge in [0.1, 0.15) is 0 Å². The molecule has 0 spiro atoms. The zero-order chi connectivity index (χ0) is 19.1. The number of fused-ring (bicyclic) bond motifs is 4. The van der Waals surface area contributed by atoms with Crippen LogP contribution in [0.4, 0.5) is 0 Å². The minimum atomic E-state index is -0.115. The van der Waals surface area contributed by atoms with Gasteiger partial charge in [-0.1, -0.05) is 29.8 Å². The van der Waals surface area contributed by atoms with Crippen molar-refractivity contribution in [1.29, 1.82) is 0 Å². The number of carbonyl (C=O) groups excluding carboxylic acids is 1. The zero-order valence-electron chi connectivity index (χ0n) is 16.1. The zero-order valence-corrected chi connectivity index (χ0v) is 16.8. The van der Waals surface area contributed by atoms with Crippen molar-refractivity contribution in [2.24, 2.45) is 11.8 Å². The van der Waals surface area contributed by atoms with E-state index < -0.39 is 0 Å². The minimum Gasteiger partial charge on any atom is -0.330 e. The fraction of sp³-hybridized carbons (Fsp3) is 0.478. The Morgan fingerprint density at radius 3 is 2.61 bits per heavy atom. The van der Waals surface area contributed by atoms with Crippen LogP contribution in [0.25, 0.3) is 0 Å². The Bertz CT molecular complexity index is 860. The molecule has 4 nitrogen and oxygen atoms in total. The van der Waals surface area contributed by atoms with E-state index in [4.69, 9.17) is 11.6 Å². The van der Waals surface area contributed by atoms with E-state index in [9.17, 15) is 4.79 Å². The van der Waals surface area contributed by atoms with Gasteiger partial charge in [-0.25, -0.2) is 0 Å². The quantitative estimate of drug-likeness (QED) is 0.789. The average Bonchev–Trinajstić information content (AvgIpc) is 2.74. The highest BCUT2D eigenvalue weighted by Gasteiger charge is 2.38. The van der Waals surface area contributed by atoms with E-state index in [0.29, 0.717) is 17.4 Å². The first-order chi connectivity index (χ1) is 13.7. The smallest absolute Gasteiger partial charge is 0.223 e. The molecule has 0 saturated carbocycles. The van der Waals surface area contributed by atoms with Crippen LogP contribution in [0.15, 0.2) is 42.6 Å². The van der Waals surface area contributed by atoms with E-state index in [0.717, 1.165) is 36.7 Å². The predicted molar refractivity (Wildman–Crippen MR) is 110 cm³/mol. The molecule has 3 fully saturated rings. The molecule has 5 heteroatoms. The van der Waals surface area contributed by atoms with Gasteiger partial charge in [-0.3, -0.25) is 9.78 Å². The summed E-state index contributed by atoms with van der Waals surface area (Å²) in [6.07, 6.45) is 5.88. The normalized spacial score (nSPS) is 28.8. The number of carbonyl (C=O) groups is 1. The topological polar surface area (TPSA) is 36.4 Å². The Labute approximate surface area is 171 Å². The van der Waals surface area contributed by atoms with Gasteiger partial charge in [0.05, 0.1) is 11.7 Å². The first-order valence-corrected chi connectivity index (χ1v) is 10.8. The Morgan fingerprint density at radius 2 is 1.89 bits per heavy atom. The predicted octanol–water partition coefficient (Wildman–Crippen LogP) is 3.94. The van der Waals surface area contributed by atoms with E-state index in [1.807, 2.05) is 36.5 Å². The highest BCUT2D eigenvalue weighted by atomic mass is 35.5. The van der Waals surface area contributed by atoms with Gasteiger partial charge in [-0.05, 0) is 73.5 Å². The standard InChI is InChI=1S/C23H26ClN3O/c24-20-5-3-18(4-6-20)23-22-17(2-1-10-25-22)9-13-27(23)21(28)14-19-15-26-11-7-16(19)8-12-26/h1-6,10,16,19,23H,7-9,11-15H2/t19-,23+/m1/s1. The Kier molecular flexibility index (Phi) is 4.85. The summed E-state index contributed by atoms with van der Waals surface area (Å²) in [7, 11) is 0. The van der Waals surface area contributed by atoms with Crippen LogP contribution in [0, 0.1) is 11.8 Å². The molecule has 1 aromatic heterocycles. The highest BCUT2D eigenvalue weighted by molar-refractivity contribution is 6.30. The fourth-order valence-electron chi connectivity index (χ4n) is 5.34. The van der Waals surface area contributed by atoms with Crippen LogP contribution in [-0.2, 0) is 11.2 Å². The van der Waals surface area contributed by atoms with Gasteiger partial charge in [0.2, 0.25) is 5.91 Å². The van der Waals surface area contributed by atoms with Crippen molar-refractivity contribution in [2.45, 2.75) is 31.7 Å². The van der Waals surface area contributed by atoms with Crippen LogP contribution in [-0.4, -0.2) is 46.9 Å². The van der Waals surface area contributed by atoms with Crippen molar-refractivity contribution in [2.75, 3.05) is 26.2 Å². The summed E-state index contributed by atoms with van der Waals surface area (Å²) in [6, 6.07) is 11.9. The molecule has 2 atom stereocenters. The first-order valence-electron chi connectivity index (χ1n) is 10.4. The van der Waals surface area contributed by atoms with Crippen LogP contribution in [0.1, 0.15) is 42.1 Å². The molecule has 6 rings (SSSR count). The van der Waals surface area contributed by atoms with Gasteiger partial charge in [0.25, 0.3) is 0 Å². The van der Waals surface area contributed by atoms with E-state index >= 15 is 0 Å². The maximum atomic E-state index is 13.5. The van der Waals surface area contributed by atoms with Crippen molar-refractivity contribution >= 4 is 17.5 Å². The largest absolute Gasteiger partial charge is 0.330 e. The summed E-state index contributed by atoms with van der Waals surface area (Å²) >= 11 is 6.11. The molecule has 2 aromatic rings. The third kappa shape index (κ3) is 3.33. The van der Waals surface area contributed by atoms with Crippen LogP contribution < -0.4 is 0 Å². The molecular weight excluding hydrogens is 370 g/mol. The number of pyridine rings is 1. The molecule has 0 N–H and O–H groups in total. The number of aromatic nitrogens is 1. The number of nitrogens with zero attached hydrogens (tertiary/aromatic N) is 3. The van der Waals surface area contributed by atoms with Gasteiger partial charge in [-0.15, -0.1) is 0 Å². The van der Waals surface area contributed by atoms with E-state index in [-0.39, 0.29) is 11.9 Å². The Balaban J connectivity index is 1.43. The summed E-state index contributed by atoms with van der Waals surface area (Å²) < 4.78 is 0. The lowest BCUT2D eigenvalue weighted by atomic mass is 9.77. The second kappa shape index (κ2) is 7.49. The number of piperidine rings is 3. The molecule has 4 aliphatic heterocycles. The molecule has 0 aliphatic carbocycles. The van der Waals surface area contributed by atoms with Crippen LogP contribution in [0.5, 0.6) is 0 Å². The lowest BCUT2D eigenvalue weighted by molar-refractivity contribution is -0.136. The third-order valence-electron chi connectivity index (χ3n) is 6.85. The molecule has 0 unspecified atom stereocenters. The number of benzene rings is 1. The first kappa shape index (κ1) is 18.1. The molecule has 3 saturated heterocycles. The monoisotopic (exact) mass is 395 g/mol. The molecule has 2 bridgehead atoms. The van der Waals surface area contributed by atoms with Gasteiger partial charge in [0, 0.05) is 30.7 Å². The lowest BCUT2D eigenvalue weighted by Crippen LogP contribution is -2.49. The number of hydrogen-bond donors (Lipinski definition) is 0. The third-order valence-corrected chi connectivity index (χ3v) is 7.11. The van der Waals surface area contributed by atoms with Crippen molar-refractivity contribution in [1.82, 2.24) is 14.8 Å². The maximum absolute atomic E-state index is 13.5. The molecular formula is C23H26ClN3O. The summed E-state index contributed by atoms with van der Waals surface area (Å²) in [5.41, 5.74) is 3.35. The van der Waals surface area contributed by atoms with Crippen molar-refractivity contribution < 1.29 is 4.79 Å². The molecule has 0 radical (unpaired) electrons. The summed E-state index contributed by atoms with van der Waals surface area (Å²) in [5.74, 6) is 1.50. The van der Waals surface area contributed by atoms with Gasteiger partial charge in [0.15, 0.2) is 0 Å². The Morgan fingerprint density at radius 1 is 1.11 bits per heavy atom. The van der Waals surface area contributed by atoms with E-state index in [2.05, 4.69) is 20.9 Å². The second-order valence-electron chi connectivity index (χ2n) is 8.44. The van der Waals surface area contributed by atoms with Gasteiger partial charge in [-0.2, -0.15) is 0 Å². The molecule has 1 amide bonds. The SMILES string of the molecule is O=C(C[C@@H]1CN2CCC1CC2)N1CCc2cccnc2[C@@H]1c1ccc(Cl)cc1.